The van der Waals surface area contributed by atoms with Crippen LogP contribution < -0.4 is 14.8 Å². The van der Waals surface area contributed by atoms with Gasteiger partial charge in [-0.15, -0.1) is 0 Å². The maximum Gasteiger partial charge on any atom is 0.271 e. The van der Waals surface area contributed by atoms with E-state index in [4.69, 9.17) is 9.47 Å². The number of aromatic nitrogens is 2. The Kier molecular flexibility index (Phi) is 6.26. The third-order valence-electron chi connectivity index (χ3n) is 4.16. The molecule has 1 heterocycles. The number of nitrogens with one attached hydrogen (secondary N) is 1. The number of methoxy groups -OCH3 is 1. The summed E-state index contributed by atoms with van der Waals surface area (Å²) in [5, 5.41) is 7.06. The molecule has 7 heteroatoms. The van der Waals surface area contributed by atoms with E-state index in [1.165, 1.54) is 13.2 Å². The first-order valence-corrected chi connectivity index (χ1v) is 9.00. The molecule has 2 aromatic carbocycles. The van der Waals surface area contributed by atoms with Crippen LogP contribution in [0.1, 0.15) is 17.4 Å². The van der Waals surface area contributed by atoms with Crippen LogP contribution in [0.4, 0.5) is 4.39 Å². The normalized spacial score (nSPS) is 10.5. The standard InChI is InChI=1S/C21H22FN3O3/c1-3-25-20(17-10-9-16(27-2)13-18(17)22)14-19(24-25)21(26)23-11-12-28-15-7-5-4-6-8-15/h4-10,13-14H,3,11-12H2,1-2H3,(H,23,26). The second kappa shape index (κ2) is 9.03. The van der Waals surface area contributed by atoms with Gasteiger partial charge in [0.1, 0.15) is 23.9 Å². The summed E-state index contributed by atoms with van der Waals surface area (Å²) < 4.78 is 26.6. The van der Waals surface area contributed by atoms with Gasteiger partial charge in [0.15, 0.2) is 5.69 Å². The highest BCUT2D eigenvalue weighted by Gasteiger charge is 2.17. The molecule has 0 bridgehead atoms. The Hall–Kier alpha value is -3.35. The van der Waals surface area contributed by atoms with Crippen LogP contribution in [0.5, 0.6) is 11.5 Å². The minimum atomic E-state index is -0.433. The fraction of sp³-hybridized carbons (Fsp3) is 0.238. The van der Waals surface area contributed by atoms with E-state index < -0.39 is 5.82 Å². The summed E-state index contributed by atoms with van der Waals surface area (Å²) in [4.78, 5) is 12.4. The molecule has 1 N–H and O–H groups in total. The van der Waals surface area contributed by atoms with Gasteiger partial charge in [-0.1, -0.05) is 18.2 Å². The number of hydrogen-bond acceptors (Lipinski definition) is 4. The van der Waals surface area contributed by atoms with Crippen molar-refractivity contribution in [2.24, 2.45) is 0 Å². The van der Waals surface area contributed by atoms with Crippen LogP contribution in [0.15, 0.2) is 54.6 Å². The molecule has 0 aliphatic rings. The molecule has 0 aliphatic heterocycles. The zero-order chi connectivity index (χ0) is 19.9. The predicted molar refractivity (Wildman–Crippen MR) is 104 cm³/mol. The molecule has 3 aromatic rings. The number of rotatable bonds is 8. The largest absolute Gasteiger partial charge is 0.497 e. The molecular weight excluding hydrogens is 361 g/mol. The number of ether oxygens (including phenoxy) is 2. The number of amides is 1. The molecule has 6 nitrogen and oxygen atoms in total. The Morgan fingerprint density at radius 2 is 1.93 bits per heavy atom. The second-order valence-corrected chi connectivity index (χ2v) is 5.99. The van der Waals surface area contributed by atoms with Gasteiger partial charge in [0.25, 0.3) is 5.91 Å². The number of para-hydroxylation sites is 1. The molecule has 1 aromatic heterocycles. The molecule has 28 heavy (non-hydrogen) atoms. The van der Waals surface area contributed by atoms with Gasteiger partial charge in [-0.25, -0.2) is 4.39 Å². The molecule has 1 amide bonds. The van der Waals surface area contributed by atoms with Crippen LogP contribution in [0.25, 0.3) is 11.3 Å². The lowest BCUT2D eigenvalue weighted by atomic mass is 10.1. The summed E-state index contributed by atoms with van der Waals surface area (Å²) in [5.74, 6) is 0.403. The lowest BCUT2D eigenvalue weighted by Gasteiger charge is -2.07. The average molecular weight is 383 g/mol. The van der Waals surface area contributed by atoms with Crippen molar-refractivity contribution in [2.75, 3.05) is 20.3 Å². The third-order valence-corrected chi connectivity index (χ3v) is 4.16. The quantitative estimate of drug-likeness (QED) is 0.605. The SMILES string of the molecule is CCn1nc(C(=O)NCCOc2ccccc2)cc1-c1ccc(OC)cc1F. The maximum atomic E-state index is 14.4. The number of halogens is 1. The van der Waals surface area contributed by atoms with Crippen molar-refractivity contribution < 1.29 is 18.7 Å². The maximum absolute atomic E-state index is 14.4. The van der Waals surface area contributed by atoms with Gasteiger partial charge in [-0.05, 0) is 37.3 Å². The molecule has 0 unspecified atom stereocenters. The highest BCUT2D eigenvalue weighted by Crippen LogP contribution is 2.27. The van der Waals surface area contributed by atoms with Crippen molar-refractivity contribution >= 4 is 5.91 Å². The zero-order valence-corrected chi connectivity index (χ0v) is 15.8. The average Bonchev–Trinajstić information content (AvgIpc) is 3.16. The van der Waals surface area contributed by atoms with Gasteiger partial charge in [0, 0.05) is 18.2 Å². The van der Waals surface area contributed by atoms with Crippen molar-refractivity contribution in [3.63, 3.8) is 0 Å². The van der Waals surface area contributed by atoms with Gasteiger partial charge >= 0.3 is 0 Å². The molecule has 0 saturated heterocycles. The second-order valence-electron chi connectivity index (χ2n) is 5.99. The summed E-state index contributed by atoms with van der Waals surface area (Å²) in [5.41, 5.74) is 1.13. The molecule has 3 rings (SSSR count). The van der Waals surface area contributed by atoms with Crippen LogP contribution in [-0.4, -0.2) is 35.9 Å². The number of hydrogen-bond donors (Lipinski definition) is 1. The van der Waals surface area contributed by atoms with Crippen molar-refractivity contribution in [1.29, 1.82) is 0 Å². The van der Waals surface area contributed by atoms with E-state index in [0.717, 1.165) is 5.75 Å². The van der Waals surface area contributed by atoms with E-state index in [0.29, 0.717) is 36.7 Å². The highest BCUT2D eigenvalue weighted by atomic mass is 19.1. The summed E-state index contributed by atoms with van der Waals surface area (Å²) in [6, 6.07) is 15.5. The van der Waals surface area contributed by atoms with Crippen LogP contribution in [0, 0.1) is 5.82 Å². The summed E-state index contributed by atoms with van der Waals surface area (Å²) in [6.07, 6.45) is 0. The Labute approximate surface area is 162 Å². The lowest BCUT2D eigenvalue weighted by molar-refractivity contribution is 0.0941. The minimum absolute atomic E-state index is 0.228. The van der Waals surface area contributed by atoms with Crippen LogP contribution in [0.3, 0.4) is 0 Å². The van der Waals surface area contributed by atoms with Gasteiger partial charge in [0.2, 0.25) is 0 Å². The van der Waals surface area contributed by atoms with E-state index in [9.17, 15) is 9.18 Å². The van der Waals surface area contributed by atoms with Crippen molar-refractivity contribution in [2.45, 2.75) is 13.5 Å². The van der Waals surface area contributed by atoms with Gasteiger partial charge in [-0.2, -0.15) is 5.10 Å². The van der Waals surface area contributed by atoms with Gasteiger partial charge in [0.05, 0.1) is 19.3 Å². The minimum Gasteiger partial charge on any atom is -0.497 e. The first kappa shape index (κ1) is 19.4. The molecule has 146 valence electrons. The molecule has 0 aliphatic carbocycles. The van der Waals surface area contributed by atoms with Crippen molar-refractivity contribution in [1.82, 2.24) is 15.1 Å². The van der Waals surface area contributed by atoms with Crippen molar-refractivity contribution in [3.8, 4) is 22.8 Å². The van der Waals surface area contributed by atoms with Crippen LogP contribution >= 0.6 is 0 Å². The van der Waals surface area contributed by atoms with E-state index in [1.54, 1.807) is 22.9 Å². The number of carbonyl (C=O) groups is 1. The molecule has 0 radical (unpaired) electrons. The Balaban J connectivity index is 1.67. The summed E-state index contributed by atoms with van der Waals surface area (Å²) >= 11 is 0. The Morgan fingerprint density at radius 3 is 2.61 bits per heavy atom. The third kappa shape index (κ3) is 4.49. The molecule has 0 spiro atoms. The van der Waals surface area contributed by atoms with Crippen LogP contribution in [-0.2, 0) is 6.54 Å². The molecule has 0 atom stereocenters. The Bertz CT molecular complexity index is 941. The van der Waals surface area contributed by atoms with Gasteiger partial charge in [-0.3, -0.25) is 9.48 Å². The molecule has 0 fully saturated rings. The van der Waals surface area contributed by atoms with E-state index in [2.05, 4.69) is 10.4 Å². The number of aryl methyl sites for hydroxylation is 1. The van der Waals surface area contributed by atoms with E-state index in [-0.39, 0.29) is 11.6 Å². The monoisotopic (exact) mass is 383 g/mol. The highest BCUT2D eigenvalue weighted by molar-refractivity contribution is 5.93. The van der Waals surface area contributed by atoms with Crippen LogP contribution in [0.2, 0.25) is 0 Å². The lowest BCUT2D eigenvalue weighted by Crippen LogP contribution is -2.28. The van der Waals surface area contributed by atoms with Gasteiger partial charge < -0.3 is 14.8 Å². The zero-order valence-electron chi connectivity index (χ0n) is 15.8. The topological polar surface area (TPSA) is 65.4 Å². The van der Waals surface area contributed by atoms with Crippen molar-refractivity contribution in [3.05, 3.63) is 66.1 Å². The first-order chi connectivity index (χ1) is 13.6. The number of carbonyl (C=O) groups excluding carboxylic acids is 1. The fourth-order valence-corrected chi connectivity index (χ4v) is 2.76. The summed E-state index contributed by atoms with van der Waals surface area (Å²) in [7, 11) is 1.48. The van der Waals surface area contributed by atoms with E-state index >= 15 is 0 Å². The first-order valence-electron chi connectivity index (χ1n) is 9.00. The van der Waals surface area contributed by atoms with E-state index in [1.807, 2.05) is 37.3 Å². The number of benzene rings is 2. The predicted octanol–water partition coefficient (Wildman–Crippen LogP) is 3.53. The smallest absolute Gasteiger partial charge is 0.271 e. The Morgan fingerprint density at radius 1 is 1.14 bits per heavy atom. The summed E-state index contributed by atoms with van der Waals surface area (Å²) in [6.45, 7) is 3.06. The molecular formula is C21H22FN3O3. The fourth-order valence-electron chi connectivity index (χ4n) is 2.76. The number of nitrogens with zero attached hydrogens (tertiary/aromatic N) is 2. The molecule has 0 saturated carbocycles.